The highest BCUT2D eigenvalue weighted by Gasteiger charge is 2.42. The number of hydrogen-bond acceptors (Lipinski definition) is 22. The normalized spacial score (nSPS) is 23.8. The first kappa shape index (κ1) is 107. The standard InChI is InChI=1S/2C21H28O5.C19H20O3.2C17H22O3.C16H20O3/c2*1-12-8-10-21(7,26-12)11-9-18-15(4)19(24-16(5)22)13(2)14(3)20(18)25-17(6)23;1-12-8-10-19(3,22-12)11-9-14-13(2)17(20)15-6-4-5-7-16(15)18(14)21;2*1-10-6-8-17(5,20-10)9-7-14-13(4)15(18)11(2)12(3)16(14)19;1-10-5-7-16(4,19-10)8-6-13-9-14(17)11(2)12(3)15(13)18/h2*1,8-11H2,2-7H3;4-7H,1,8-11H2,2-3H3;2*1,6-9H2,2-5H3;9H,1,5-8H2,2-4H3. The number of esters is 4. The number of ether oxygens (including phenoxy) is 10. The largest absolute Gasteiger partial charge is 0.493 e. The Morgan fingerprint density at radius 2 is 0.519 bits per heavy atom. The van der Waals surface area contributed by atoms with Crippen LogP contribution in [0, 0.1) is 41.5 Å². The quantitative estimate of drug-likeness (QED) is 0.0513. The molecule has 22 heteroatoms. The van der Waals surface area contributed by atoms with Crippen LogP contribution in [0.3, 0.4) is 0 Å². The molecule has 13 rings (SSSR count). The van der Waals surface area contributed by atoms with Crippen molar-refractivity contribution in [3.63, 3.8) is 0 Å². The topological polar surface area (TPSA) is 297 Å². The lowest BCUT2D eigenvalue weighted by Crippen LogP contribution is -2.26. The molecular weight excluding hydrogens is 1690 g/mol. The van der Waals surface area contributed by atoms with Crippen molar-refractivity contribution in [2.75, 3.05) is 0 Å². The third-order valence-corrected chi connectivity index (χ3v) is 28.0. The monoisotopic (exact) mass is 1820 g/mol. The Kier molecular flexibility index (Phi) is 34.9. The first-order chi connectivity index (χ1) is 61.8. The fraction of sp³-hybridized carbons (Fsp3) is 0.495. The molecule has 0 bridgehead atoms. The summed E-state index contributed by atoms with van der Waals surface area (Å²) in [5, 5.41) is 0. The van der Waals surface area contributed by atoms with E-state index < -0.39 is 0 Å². The van der Waals surface area contributed by atoms with Gasteiger partial charge in [-0.25, -0.2) is 0 Å². The molecule has 6 saturated heterocycles. The van der Waals surface area contributed by atoms with E-state index >= 15 is 0 Å². The Labute approximate surface area is 787 Å². The van der Waals surface area contributed by atoms with E-state index in [-0.39, 0.29) is 104 Å². The highest BCUT2D eigenvalue weighted by molar-refractivity contribution is 6.27. The molecular formula is C111H140O22. The number of benzene rings is 3. The van der Waals surface area contributed by atoms with Gasteiger partial charge >= 0.3 is 23.9 Å². The van der Waals surface area contributed by atoms with Crippen LogP contribution in [0.4, 0.5) is 0 Å². The van der Waals surface area contributed by atoms with Gasteiger partial charge in [-0.2, -0.15) is 0 Å². The molecule has 3 aromatic rings. The molecule has 0 aromatic heterocycles. The van der Waals surface area contributed by atoms with Crippen LogP contribution in [-0.4, -0.2) is 104 Å². The van der Waals surface area contributed by atoms with Crippen molar-refractivity contribution in [3.8, 4) is 23.0 Å². The minimum Gasteiger partial charge on any atom is -0.493 e. The van der Waals surface area contributed by atoms with Gasteiger partial charge in [0, 0.05) is 161 Å². The van der Waals surface area contributed by atoms with Crippen molar-refractivity contribution >= 4 is 70.1 Å². The van der Waals surface area contributed by atoms with Gasteiger partial charge in [0.15, 0.2) is 46.3 Å². The molecule has 3 aromatic carbocycles. The second kappa shape index (κ2) is 43.6. The molecule has 133 heavy (non-hydrogen) atoms. The van der Waals surface area contributed by atoms with Gasteiger partial charge in [0.05, 0.1) is 34.6 Å². The van der Waals surface area contributed by atoms with Crippen molar-refractivity contribution in [2.24, 2.45) is 0 Å². The molecule has 0 N–H and O–H groups in total. The lowest BCUT2D eigenvalue weighted by Gasteiger charge is -2.26. The second-order valence-electron chi connectivity index (χ2n) is 38.9. The Morgan fingerprint density at radius 3 is 0.797 bits per heavy atom. The summed E-state index contributed by atoms with van der Waals surface area (Å²) in [6, 6.07) is 7.05. The van der Waals surface area contributed by atoms with Crippen molar-refractivity contribution in [2.45, 2.75) is 361 Å². The first-order valence-electron chi connectivity index (χ1n) is 46.3. The van der Waals surface area contributed by atoms with Gasteiger partial charge in [0.1, 0.15) is 56.6 Å². The maximum absolute atomic E-state index is 12.7. The summed E-state index contributed by atoms with van der Waals surface area (Å²) in [4.78, 5) is 144. The van der Waals surface area contributed by atoms with Crippen LogP contribution in [0.1, 0.15) is 338 Å². The fourth-order valence-electron chi connectivity index (χ4n) is 18.5. The van der Waals surface area contributed by atoms with Crippen molar-refractivity contribution in [3.05, 3.63) is 232 Å². The van der Waals surface area contributed by atoms with Gasteiger partial charge in [-0.1, -0.05) is 63.7 Å². The smallest absolute Gasteiger partial charge is 0.308 e. The maximum atomic E-state index is 12.7. The second-order valence-corrected chi connectivity index (χ2v) is 38.9. The van der Waals surface area contributed by atoms with E-state index in [9.17, 15) is 57.5 Å². The summed E-state index contributed by atoms with van der Waals surface area (Å²) in [5.41, 5.74) is 13.8. The van der Waals surface area contributed by atoms with Crippen molar-refractivity contribution in [1.82, 2.24) is 0 Å². The average Bonchev–Trinajstić information content (AvgIpc) is 1.37. The van der Waals surface area contributed by atoms with Gasteiger partial charge in [0.25, 0.3) is 0 Å². The van der Waals surface area contributed by atoms with Crippen LogP contribution in [0.25, 0.3) is 0 Å². The number of rotatable bonds is 22. The molecule has 6 unspecified atom stereocenters. The summed E-state index contributed by atoms with van der Waals surface area (Å²) in [7, 11) is 0. The van der Waals surface area contributed by atoms with Crippen LogP contribution in [0.2, 0.25) is 0 Å². The molecule has 6 aliphatic heterocycles. The van der Waals surface area contributed by atoms with Gasteiger partial charge in [0.2, 0.25) is 0 Å². The molecule has 0 radical (unpaired) electrons. The Morgan fingerprint density at radius 1 is 0.286 bits per heavy atom. The average molecular weight is 1830 g/mol. The van der Waals surface area contributed by atoms with Crippen LogP contribution in [-0.2, 0) is 89.2 Å². The molecule has 6 fully saturated rings. The molecule has 4 aliphatic carbocycles. The Balaban J connectivity index is 0.000000197. The molecule has 0 amide bonds. The number of carbonyl (C=O) groups excluding carboxylic acids is 12. The molecule has 6 atom stereocenters. The number of fused-ring (bicyclic) bond motifs is 1. The van der Waals surface area contributed by atoms with Crippen LogP contribution < -0.4 is 18.9 Å². The van der Waals surface area contributed by atoms with Crippen molar-refractivity contribution in [1.29, 1.82) is 0 Å². The molecule has 22 nitrogen and oxygen atoms in total. The van der Waals surface area contributed by atoms with Crippen LogP contribution in [0.15, 0.2) is 177 Å². The molecule has 716 valence electrons. The van der Waals surface area contributed by atoms with E-state index in [1.807, 2.05) is 69.2 Å². The lowest BCUT2D eigenvalue weighted by molar-refractivity contribution is -0.133. The lowest BCUT2D eigenvalue weighted by atomic mass is 9.81. The van der Waals surface area contributed by atoms with Crippen molar-refractivity contribution < 1.29 is 105 Å². The summed E-state index contributed by atoms with van der Waals surface area (Å²) >= 11 is 0. The van der Waals surface area contributed by atoms with Crippen LogP contribution >= 0.6 is 0 Å². The number of Topliss-reactive ketones (excluding diaryl/α,β-unsaturated/α-hetero) is 7. The van der Waals surface area contributed by atoms with E-state index in [4.69, 9.17) is 47.4 Å². The summed E-state index contributed by atoms with van der Waals surface area (Å²) in [6.45, 7) is 67.9. The van der Waals surface area contributed by atoms with E-state index in [1.165, 1.54) is 33.8 Å². The number of allylic oxidation sites excluding steroid dienone is 20. The molecule has 0 spiro atoms. The minimum absolute atomic E-state index is 0.000923. The minimum atomic E-state index is -0.371. The van der Waals surface area contributed by atoms with Gasteiger partial charge in [-0.15, -0.1) is 0 Å². The summed E-state index contributed by atoms with van der Waals surface area (Å²) < 4.78 is 56.8. The number of carbonyl (C=O) groups is 12. The molecule has 0 saturated carbocycles. The zero-order chi connectivity index (χ0) is 99.6. The third-order valence-electron chi connectivity index (χ3n) is 28.0. The summed E-state index contributed by atoms with van der Waals surface area (Å²) in [6.07, 6.45) is 20.3. The Hall–Kier alpha value is -11.7. The number of ketones is 8. The van der Waals surface area contributed by atoms with E-state index in [2.05, 4.69) is 53.3 Å². The molecule has 6 heterocycles. The van der Waals surface area contributed by atoms with E-state index in [0.29, 0.717) is 145 Å². The van der Waals surface area contributed by atoms with Gasteiger partial charge in [-0.05, 0) is 300 Å². The van der Waals surface area contributed by atoms with Gasteiger partial charge in [-0.3, -0.25) is 57.5 Å². The van der Waals surface area contributed by atoms with E-state index in [1.54, 1.807) is 86.6 Å². The Bertz CT molecular complexity index is 5410. The zero-order valence-electron chi connectivity index (χ0n) is 83.6. The van der Waals surface area contributed by atoms with Crippen LogP contribution in [0.5, 0.6) is 23.0 Å². The zero-order valence-corrected chi connectivity index (χ0v) is 83.6. The summed E-state index contributed by atoms with van der Waals surface area (Å²) in [5.74, 6) is 5.52. The van der Waals surface area contributed by atoms with E-state index in [0.717, 1.165) is 195 Å². The first-order valence-corrected chi connectivity index (χ1v) is 46.3. The maximum Gasteiger partial charge on any atom is 0.308 e. The predicted molar refractivity (Wildman–Crippen MR) is 514 cm³/mol. The third kappa shape index (κ3) is 26.2. The fourth-order valence-corrected chi connectivity index (χ4v) is 18.5. The highest BCUT2D eigenvalue weighted by Crippen LogP contribution is 2.48. The van der Waals surface area contributed by atoms with Gasteiger partial charge < -0.3 is 47.4 Å². The molecule has 10 aliphatic rings. The highest BCUT2D eigenvalue weighted by atomic mass is 16.6. The SMILES string of the molecule is C=C1CCC(C)(CCC2=C(C)C(=O)C(C)=C(C)C2=O)O1.C=C1CCC(C)(CCC2=C(C)C(=O)C(C)=C(C)C2=O)O1.C=C1CCC(C)(CCC2=C(C)C(=O)c3ccccc3C2=O)O1.C=C1CCC(C)(CCC2=CC(=O)C(C)=C(C)C2=O)O1.C=C1CCC(C)(CCc2c(C)c(OC(C)=O)c(C)c(C)c2OC(C)=O)O1.C=C1CCC(C)(CCc2c(C)c(OC(C)=O)c(C)c(C)c2OC(C)=O)O1. The number of hydrogen-bond donors (Lipinski definition) is 0. The predicted octanol–water partition coefficient (Wildman–Crippen LogP) is 23.8.